The number of alkyl halides is 3. The minimum atomic E-state index is -5.77. The molecular formula is C12H12F3N3O4S2. The molecule has 24 heavy (non-hydrogen) atoms. The predicted molar refractivity (Wildman–Crippen MR) is 82.7 cm³/mol. The van der Waals surface area contributed by atoms with Crippen molar-refractivity contribution < 1.29 is 30.6 Å². The summed E-state index contributed by atoms with van der Waals surface area (Å²) in [7, 11) is -5.77. The Balaban J connectivity index is 2.34. The number of aryl methyl sites for hydroxylation is 1. The van der Waals surface area contributed by atoms with Gasteiger partial charge in [-0.1, -0.05) is 11.3 Å². The monoisotopic (exact) mass is 383 g/mol. The maximum absolute atomic E-state index is 12.4. The highest BCUT2D eigenvalue weighted by Gasteiger charge is 2.48. The molecule has 1 aromatic carbocycles. The molecule has 0 aliphatic rings. The lowest BCUT2D eigenvalue weighted by Gasteiger charge is -2.11. The van der Waals surface area contributed by atoms with Crippen molar-refractivity contribution in [3.8, 4) is 5.75 Å². The SMILES string of the molecule is CCNC(=O)Nc1nc2cc(OS(=O)(=O)C(F)(F)F)c(C)cc2s1. The highest BCUT2D eigenvalue weighted by molar-refractivity contribution is 7.88. The van der Waals surface area contributed by atoms with Gasteiger partial charge < -0.3 is 9.50 Å². The summed E-state index contributed by atoms with van der Waals surface area (Å²) in [5.41, 5.74) is -5.14. The number of hydrogen-bond donors (Lipinski definition) is 2. The van der Waals surface area contributed by atoms with Gasteiger partial charge in [-0.05, 0) is 25.5 Å². The number of hydrogen-bond acceptors (Lipinski definition) is 6. The van der Waals surface area contributed by atoms with Crippen LogP contribution in [0.15, 0.2) is 12.1 Å². The smallest absolute Gasteiger partial charge is 0.376 e. The molecule has 0 unspecified atom stereocenters. The van der Waals surface area contributed by atoms with Gasteiger partial charge in [-0.25, -0.2) is 9.78 Å². The van der Waals surface area contributed by atoms with Crippen molar-refractivity contribution in [2.75, 3.05) is 11.9 Å². The van der Waals surface area contributed by atoms with Crippen LogP contribution in [0, 0.1) is 6.92 Å². The molecule has 2 rings (SSSR count). The summed E-state index contributed by atoms with van der Waals surface area (Å²) < 4.78 is 64.1. The zero-order valence-electron chi connectivity index (χ0n) is 12.4. The molecule has 2 aromatic rings. The molecule has 0 aliphatic heterocycles. The van der Waals surface area contributed by atoms with Gasteiger partial charge >= 0.3 is 21.7 Å². The minimum absolute atomic E-state index is 0.184. The van der Waals surface area contributed by atoms with Crippen molar-refractivity contribution >= 4 is 42.8 Å². The van der Waals surface area contributed by atoms with Crippen molar-refractivity contribution in [2.24, 2.45) is 0 Å². The second kappa shape index (κ2) is 6.43. The maximum Gasteiger partial charge on any atom is 0.534 e. The third-order valence-corrected chi connectivity index (χ3v) is 4.63. The number of thiazole rings is 1. The van der Waals surface area contributed by atoms with E-state index in [1.54, 1.807) is 6.92 Å². The number of halogens is 3. The number of benzene rings is 1. The molecule has 0 fully saturated rings. The van der Waals surface area contributed by atoms with Crippen LogP contribution >= 0.6 is 11.3 Å². The summed E-state index contributed by atoms with van der Waals surface area (Å²) in [6, 6.07) is 2.02. The second-order valence-electron chi connectivity index (χ2n) is 4.57. The molecule has 0 spiro atoms. The predicted octanol–water partition coefficient (Wildman–Crippen LogP) is 2.97. The number of urea groups is 1. The molecule has 132 valence electrons. The van der Waals surface area contributed by atoms with Crippen LogP contribution in [0.3, 0.4) is 0 Å². The Kier molecular flexibility index (Phi) is 4.90. The van der Waals surface area contributed by atoms with Crippen LogP contribution in [0.2, 0.25) is 0 Å². The average Bonchev–Trinajstić information content (AvgIpc) is 2.78. The first kappa shape index (κ1) is 18.3. The van der Waals surface area contributed by atoms with E-state index in [9.17, 15) is 26.4 Å². The fourth-order valence-electron chi connectivity index (χ4n) is 1.67. The number of aromatic nitrogens is 1. The van der Waals surface area contributed by atoms with E-state index in [1.807, 2.05) is 0 Å². The number of carbonyl (C=O) groups excluding carboxylic acids is 1. The van der Waals surface area contributed by atoms with Crippen LogP contribution in [0.1, 0.15) is 12.5 Å². The standard InChI is InChI=1S/C12H12F3N3O4S2/c1-3-16-10(19)18-11-17-7-5-8(6(2)4-9(7)23-11)22-24(20,21)12(13,14)15/h4-5H,3H2,1-2H3,(H2,16,17,18,19). The van der Waals surface area contributed by atoms with Crippen molar-refractivity contribution in [2.45, 2.75) is 19.4 Å². The lowest BCUT2D eigenvalue weighted by Crippen LogP contribution is -2.28. The molecule has 12 heteroatoms. The van der Waals surface area contributed by atoms with Gasteiger partial charge in [-0.3, -0.25) is 5.32 Å². The fraction of sp³-hybridized carbons (Fsp3) is 0.333. The summed E-state index contributed by atoms with van der Waals surface area (Å²) in [6.45, 7) is 3.53. The molecule has 0 bridgehead atoms. The molecule has 2 amide bonds. The van der Waals surface area contributed by atoms with E-state index in [4.69, 9.17) is 0 Å². The highest BCUT2D eigenvalue weighted by atomic mass is 32.2. The molecular weight excluding hydrogens is 371 g/mol. The van der Waals surface area contributed by atoms with Gasteiger partial charge in [0.25, 0.3) is 0 Å². The van der Waals surface area contributed by atoms with E-state index in [1.165, 1.54) is 13.0 Å². The van der Waals surface area contributed by atoms with Crippen LogP contribution in [-0.4, -0.2) is 31.5 Å². The van der Waals surface area contributed by atoms with Gasteiger partial charge in [-0.15, -0.1) is 0 Å². The summed E-state index contributed by atoms with van der Waals surface area (Å²) in [6.07, 6.45) is 0. The summed E-state index contributed by atoms with van der Waals surface area (Å²) >= 11 is 1.09. The van der Waals surface area contributed by atoms with Gasteiger partial charge in [0.1, 0.15) is 5.75 Å². The Labute approximate surface area is 139 Å². The Bertz CT molecular complexity index is 878. The molecule has 0 aliphatic carbocycles. The number of amides is 2. The largest absolute Gasteiger partial charge is 0.534 e. The normalized spacial score (nSPS) is 12.2. The second-order valence-corrected chi connectivity index (χ2v) is 7.14. The minimum Gasteiger partial charge on any atom is -0.376 e. The van der Waals surface area contributed by atoms with E-state index in [-0.39, 0.29) is 16.2 Å². The number of rotatable bonds is 4. The zero-order chi connectivity index (χ0) is 18.1. The molecule has 0 atom stereocenters. The summed E-state index contributed by atoms with van der Waals surface area (Å²) in [4.78, 5) is 15.5. The molecule has 0 saturated carbocycles. The molecule has 0 saturated heterocycles. The number of nitrogens with zero attached hydrogens (tertiary/aromatic N) is 1. The third-order valence-electron chi connectivity index (χ3n) is 2.73. The van der Waals surface area contributed by atoms with E-state index >= 15 is 0 Å². The van der Waals surface area contributed by atoms with E-state index in [2.05, 4.69) is 19.8 Å². The van der Waals surface area contributed by atoms with Crippen molar-refractivity contribution in [1.29, 1.82) is 0 Å². The van der Waals surface area contributed by atoms with Crippen molar-refractivity contribution in [1.82, 2.24) is 10.3 Å². The number of nitrogens with one attached hydrogen (secondary N) is 2. The maximum atomic E-state index is 12.4. The lowest BCUT2D eigenvalue weighted by molar-refractivity contribution is -0.0500. The van der Waals surface area contributed by atoms with Gasteiger partial charge in [0, 0.05) is 12.6 Å². The molecule has 2 N–H and O–H groups in total. The van der Waals surface area contributed by atoms with Gasteiger partial charge in [-0.2, -0.15) is 21.6 Å². The van der Waals surface area contributed by atoms with E-state index < -0.39 is 27.4 Å². The third kappa shape index (κ3) is 3.87. The zero-order valence-corrected chi connectivity index (χ0v) is 14.0. The highest BCUT2D eigenvalue weighted by Crippen LogP contribution is 2.34. The molecule has 7 nitrogen and oxygen atoms in total. The van der Waals surface area contributed by atoms with Crippen LogP contribution in [0.5, 0.6) is 5.75 Å². The Morgan fingerprint density at radius 1 is 1.38 bits per heavy atom. The average molecular weight is 383 g/mol. The first-order valence-electron chi connectivity index (χ1n) is 6.50. The van der Waals surface area contributed by atoms with E-state index in [0.29, 0.717) is 11.2 Å². The summed E-state index contributed by atoms with van der Waals surface area (Å²) in [5, 5.41) is 5.17. The van der Waals surface area contributed by atoms with Crippen LogP contribution in [0.4, 0.5) is 23.1 Å². The van der Waals surface area contributed by atoms with Crippen LogP contribution < -0.4 is 14.8 Å². The lowest BCUT2D eigenvalue weighted by atomic mass is 10.2. The first-order valence-corrected chi connectivity index (χ1v) is 8.72. The number of carbonyl (C=O) groups is 1. The van der Waals surface area contributed by atoms with Crippen molar-refractivity contribution in [3.63, 3.8) is 0 Å². The van der Waals surface area contributed by atoms with Crippen LogP contribution in [-0.2, 0) is 10.1 Å². The van der Waals surface area contributed by atoms with Crippen LogP contribution in [0.25, 0.3) is 10.2 Å². The molecule has 1 aromatic heterocycles. The number of anilines is 1. The molecule has 1 heterocycles. The quantitative estimate of drug-likeness (QED) is 0.625. The van der Waals surface area contributed by atoms with E-state index in [0.717, 1.165) is 17.4 Å². The Hall–Kier alpha value is -2.08. The Morgan fingerprint density at radius 3 is 2.62 bits per heavy atom. The summed E-state index contributed by atoms with van der Waals surface area (Å²) in [5.74, 6) is -0.477. The Morgan fingerprint density at radius 2 is 2.04 bits per heavy atom. The van der Waals surface area contributed by atoms with Crippen molar-refractivity contribution in [3.05, 3.63) is 17.7 Å². The fourth-order valence-corrected chi connectivity index (χ4v) is 3.12. The van der Waals surface area contributed by atoms with Gasteiger partial charge in [0.05, 0.1) is 10.2 Å². The van der Waals surface area contributed by atoms with Gasteiger partial charge in [0.15, 0.2) is 5.13 Å². The molecule has 0 radical (unpaired) electrons. The van der Waals surface area contributed by atoms with Gasteiger partial charge in [0.2, 0.25) is 0 Å². The first-order chi connectivity index (χ1) is 11.0. The topological polar surface area (TPSA) is 97.4 Å². The number of fused-ring (bicyclic) bond motifs is 1.